The van der Waals surface area contributed by atoms with E-state index in [9.17, 15) is 14.4 Å². The lowest BCUT2D eigenvalue weighted by Crippen LogP contribution is -2.42. The number of H-pyrrole nitrogens is 1. The van der Waals surface area contributed by atoms with Crippen LogP contribution >= 0.6 is 0 Å². The Hall–Kier alpha value is -2.18. The molecule has 2 amide bonds. The summed E-state index contributed by atoms with van der Waals surface area (Å²) in [5.41, 5.74) is 1.21. The minimum Gasteiger partial charge on any atom is -0.337 e. The summed E-state index contributed by atoms with van der Waals surface area (Å²) in [6.45, 7) is 5.01. The second kappa shape index (κ2) is 6.75. The number of aromatic amines is 1. The Morgan fingerprint density at radius 2 is 2.08 bits per heavy atom. The van der Waals surface area contributed by atoms with Gasteiger partial charge in [0.1, 0.15) is 5.82 Å². The number of hydrogen-bond acceptors (Lipinski definition) is 4. The number of rotatable bonds is 2. The predicted octanol–water partition coefficient (Wildman–Crippen LogP) is 1.14. The Kier molecular flexibility index (Phi) is 4.69. The van der Waals surface area contributed by atoms with Crippen molar-refractivity contribution in [2.75, 3.05) is 13.1 Å². The zero-order valence-electron chi connectivity index (χ0n) is 14.3. The van der Waals surface area contributed by atoms with Gasteiger partial charge in [-0.15, -0.1) is 0 Å². The highest BCUT2D eigenvalue weighted by Gasteiger charge is 2.31. The molecule has 1 atom stereocenters. The van der Waals surface area contributed by atoms with Crippen molar-refractivity contribution in [2.45, 2.75) is 58.5 Å². The summed E-state index contributed by atoms with van der Waals surface area (Å²) in [7, 11) is 0. The largest absolute Gasteiger partial charge is 0.337 e. The number of nitrogens with zero attached hydrogens (tertiary/aromatic N) is 3. The number of nitrogens with one attached hydrogen (secondary N) is 1. The van der Waals surface area contributed by atoms with E-state index in [2.05, 4.69) is 9.97 Å². The van der Waals surface area contributed by atoms with Crippen LogP contribution in [0.25, 0.3) is 0 Å². The van der Waals surface area contributed by atoms with E-state index in [-0.39, 0.29) is 23.4 Å². The van der Waals surface area contributed by atoms with Crippen LogP contribution in [-0.4, -0.2) is 44.7 Å². The van der Waals surface area contributed by atoms with Gasteiger partial charge in [0.2, 0.25) is 11.8 Å². The standard InChI is InChI=1S/C17H24N4O3/c1-3-15(23)21-8-5-4-6-14(21)16-18-13-10-20(11(2)22)9-7-12(13)17(24)19-16/h14H,3-10H2,1-2H3,(H,18,19,24)/t14-/m1/s1. The fourth-order valence-corrected chi connectivity index (χ4v) is 3.60. The van der Waals surface area contributed by atoms with E-state index >= 15 is 0 Å². The fraction of sp³-hybridized carbons (Fsp3) is 0.647. The Labute approximate surface area is 141 Å². The van der Waals surface area contributed by atoms with Crippen LogP contribution in [0.4, 0.5) is 0 Å². The Morgan fingerprint density at radius 1 is 1.29 bits per heavy atom. The second-order valence-electron chi connectivity index (χ2n) is 6.52. The fourth-order valence-electron chi connectivity index (χ4n) is 3.60. The molecule has 2 aliphatic heterocycles. The number of carbonyl (C=O) groups excluding carboxylic acids is 2. The first-order valence-corrected chi connectivity index (χ1v) is 8.68. The maximum Gasteiger partial charge on any atom is 0.254 e. The highest BCUT2D eigenvalue weighted by atomic mass is 16.2. The average molecular weight is 332 g/mol. The van der Waals surface area contributed by atoms with Crippen molar-refractivity contribution in [1.82, 2.24) is 19.8 Å². The third kappa shape index (κ3) is 3.07. The van der Waals surface area contributed by atoms with Crippen LogP contribution < -0.4 is 5.56 Å². The van der Waals surface area contributed by atoms with Crippen molar-refractivity contribution >= 4 is 11.8 Å². The summed E-state index contributed by atoms with van der Waals surface area (Å²) in [5, 5.41) is 0. The number of aromatic nitrogens is 2. The number of fused-ring (bicyclic) bond motifs is 1. The van der Waals surface area contributed by atoms with Crippen LogP contribution in [-0.2, 0) is 22.6 Å². The van der Waals surface area contributed by atoms with Gasteiger partial charge in [-0.05, 0) is 25.7 Å². The van der Waals surface area contributed by atoms with Crippen LogP contribution in [0, 0.1) is 0 Å². The minimum atomic E-state index is -0.170. The van der Waals surface area contributed by atoms with E-state index in [1.165, 1.54) is 6.92 Å². The molecule has 0 bridgehead atoms. The first-order chi connectivity index (χ1) is 11.5. The van der Waals surface area contributed by atoms with Gasteiger partial charge in [0.05, 0.1) is 18.3 Å². The van der Waals surface area contributed by atoms with Gasteiger partial charge in [0, 0.05) is 32.0 Å². The molecule has 0 unspecified atom stereocenters. The average Bonchev–Trinajstić information content (AvgIpc) is 2.60. The molecule has 130 valence electrons. The van der Waals surface area contributed by atoms with E-state index in [0.29, 0.717) is 49.6 Å². The highest BCUT2D eigenvalue weighted by Crippen LogP contribution is 2.29. The monoisotopic (exact) mass is 332 g/mol. The molecule has 24 heavy (non-hydrogen) atoms. The number of piperidine rings is 1. The zero-order chi connectivity index (χ0) is 17.3. The van der Waals surface area contributed by atoms with E-state index in [4.69, 9.17) is 0 Å². The van der Waals surface area contributed by atoms with Crippen LogP contribution in [0.15, 0.2) is 4.79 Å². The summed E-state index contributed by atoms with van der Waals surface area (Å²) in [5.74, 6) is 0.640. The Bertz CT molecular complexity index is 712. The van der Waals surface area contributed by atoms with E-state index in [0.717, 1.165) is 19.3 Å². The lowest BCUT2D eigenvalue weighted by molar-refractivity contribution is -0.135. The highest BCUT2D eigenvalue weighted by molar-refractivity contribution is 5.76. The molecule has 0 saturated carbocycles. The van der Waals surface area contributed by atoms with Gasteiger partial charge in [-0.1, -0.05) is 6.92 Å². The smallest absolute Gasteiger partial charge is 0.254 e. The summed E-state index contributed by atoms with van der Waals surface area (Å²) >= 11 is 0. The van der Waals surface area contributed by atoms with Gasteiger partial charge >= 0.3 is 0 Å². The van der Waals surface area contributed by atoms with E-state index in [1.807, 2.05) is 11.8 Å². The number of amides is 2. The minimum absolute atomic E-state index is 0.00950. The van der Waals surface area contributed by atoms with Crippen molar-refractivity contribution < 1.29 is 9.59 Å². The van der Waals surface area contributed by atoms with Crippen LogP contribution in [0.1, 0.15) is 62.7 Å². The third-order valence-corrected chi connectivity index (χ3v) is 4.98. The molecule has 1 aromatic heterocycles. The molecule has 3 heterocycles. The molecule has 1 saturated heterocycles. The maximum absolute atomic E-state index is 12.4. The van der Waals surface area contributed by atoms with Gasteiger partial charge in [0.15, 0.2) is 0 Å². The maximum atomic E-state index is 12.4. The van der Waals surface area contributed by atoms with Crippen molar-refractivity contribution in [2.24, 2.45) is 0 Å². The molecular weight excluding hydrogens is 308 g/mol. The van der Waals surface area contributed by atoms with Crippen LogP contribution in [0.2, 0.25) is 0 Å². The molecule has 7 heteroatoms. The summed E-state index contributed by atoms with van der Waals surface area (Å²) in [6, 6.07) is -0.170. The van der Waals surface area contributed by atoms with Gasteiger partial charge in [-0.25, -0.2) is 4.98 Å². The third-order valence-electron chi connectivity index (χ3n) is 4.98. The molecule has 1 N–H and O–H groups in total. The lowest BCUT2D eigenvalue weighted by Gasteiger charge is -2.35. The molecule has 0 radical (unpaired) electrons. The molecule has 1 aromatic rings. The van der Waals surface area contributed by atoms with Crippen molar-refractivity contribution in [3.63, 3.8) is 0 Å². The summed E-state index contributed by atoms with van der Waals surface area (Å²) in [6.07, 6.45) is 3.78. The van der Waals surface area contributed by atoms with Gasteiger partial charge in [0.25, 0.3) is 5.56 Å². The second-order valence-corrected chi connectivity index (χ2v) is 6.52. The molecule has 7 nitrogen and oxygen atoms in total. The first kappa shape index (κ1) is 16.7. The normalized spacial score (nSPS) is 20.7. The molecule has 2 aliphatic rings. The van der Waals surface area contributed by atoms with E-state index < -0.39 is 0 Å². The molecular formula is C17H24N4O3. The molecule has 0 aliphatic carbocycles. The lowest BCUT2D eigenvalue weighted by atomic mass is 10.00. The van der Waals surface area contributed by atoms with Crippen LogP contribution in [0.5, 0.6) is 0 Å². The van der Waals surface area contributed by atoms with E-state index in [1.54, 1.807) is 4.90 Å². The topological polar surface area (TPSA) is 86.4 Å². The van der Waals surface area contributed by atoms with Gasteiger partial charge < -0.3 is 14.8 Å². The first-order valence-electron chi connectivity index (χ1n) is 8.68. The van der Waals surface area contributed by atoms with Crippen LogP contribution in [0.3, 0.4) is 0 Å². The summed E-state index contributed by atoms with van der Waals surface area (Å²) < 4.78 is 0. The van der Waals surface area contributed by atoms with Gasteiger partial charge in [-0.3, -0.25) is 14.4 Å². The number of carbonyl (C=O) groups is 2. The summed E-state index contributed by atoms with van der Waals surface area (Å²) in [4.78, 5) is 47.4. The zero-order valence-corrected chi connectivity index (χ0v) is 14.3. The molecule has 1 fully saturated rings. The Balaban J connectivity index is 1.95. The number of hydrogen-bond donors (Lipinski definition) is 1. The molecule has 3 rings (SSSR count). The molecule has 0 aromatic carbocycles. The van der Waals surface area contributed by atoms with Crippen molar-refractivity contribution in [3.8, 4) is 0 Å². The van der Waals surface area contributed by atoms with Crippen molar-refractivity contribution in [1.29, 1.82) is 0 Å². The molecule has 0 spiro atoms. The number of likely N-dealkylation sites (tertiary alicyclic amines) is 1. The van der Waals surface area contributed by atoms with Crippen molar-refractivity contribution in [3.05, 3.63) is 27.4 Å². The van der Waals surface area contributed by atoms with Gasteiger partial charge in [-0.2, -0.15) is 0 Å². The Morgan fingerprint density at radius 3 is 2.79 bits per heavy atom. The predicted molar refractivity (Wildman–Crippen MR) is 88.2 cm³/mol. The SMILES string of the molecule is CCC(=O)N1CCCC[C@@H]1c1nc2c(c(=O)[nH]1)CCN(C(C)=O)C2. The quantitative estimate of drug-likeness (QED) is 0.880.